The first-order valence-corrected chi connectivity index (χ1v) is 6.36. The number of benzene rings is 1. The topological polar surface area (TPSA) is 82.0 Å². The molecule has 20 heavy (non-hydrogen) atoms. The molecule has 0 unspecified atom stereocenters. The fourth-order valence-corrected chi connectivity index (χ4v) is 1.95. The first kappa shape index (κ1) is 13.8. The van der Waals surface area contributed by atoms with E-state index in [1.54, 1.807) is 12.1 Å². The molecule has 0 aromatic heterocycles. The molecular formula is C15H15N3O2. The highest BCUT2D eigenvalue weighted by molar-refractivity contribution is 5.74. The van der Waals surface area contributed by atoms with E-state index in [1.165, 1.54) is 0 Å². The van der Waals surface area contributed by atoms with E-state index >= 15 is 0 Å². The number of hydrogen-bond acceptors (Lipinski definition) is 5. The highest BCUT2D eigenvalue weighted by Crippen LogP contribution is 2.17. The molecule has 5 nitrogen and oxygen atoms in total. The smallest absolute Gasteiger partial charge is 0.253 e. The van der Waals surface area contributed by atoms with Crippen molar-refractivity contribution < 1.29 is 0 Å². The van der Waals surface area contributed by atoms with Gasteiger partial charge < -0.3 is 10.6 Å². The Morgan fingerprint density at radius 2 is 1.80 bits per heavy atom. The van der Waals surface area contributed by atoms with E-state index in [2.05, 4.69) is 16.7 Å². The second kappa shape index (κ2) is 5.57. The van der Waals surface area contributed by atoms with Crippen molar-refractivity contribution in [3.8, 4) is 6.07 Å². The molecule has 0 aliphatic rings. The van der Waals surface area contributed by atoms with Gasteiger partial charge in [-0.1, -0.05) is 18.2 Å². The van der Waals surface area contributed by atoms with Crippen LogP contribution >= 0.6 is 0 Å². The molecule has 0 radical (unpaired) electrons. The Labute approximate surface area is 116 Å². The quantitative estimate of drug-likeness (QED) is 0.805. The molecule has 5 heteroatoms. The van der Waals surface area contributed by atoms with Gasteiger partial charge in [0.05, 0.1) is 11.6 Å². The van der Waals surface area contributed by atoms with E-state index in [4.69, 9.17) is 5.26 Å². The molecule has 0 amide bonds. The van der Waals surface area contributed by atoms with Crippen LogP contribution < -0.4 is 21.5 Å². The van der Waals surface area contributed by atoms with Gasteiger partial charge in [-0.2, -0.15) is 5.26 Å². The number of hydrogen-bond donors (Lipinski definition) is 2. The summed E-state index contributed by atoms with van der Waals surface area (Å²) in [6, 6.07) is 9.31. The third kappa shape index (κ3) is 2.54. The molecule has 0 spiro atoms. The molecule has 2 N–H and O–H groups in total. The fourth-order valence-electron chi connectivity index (χ4n) is 1.95. The summed E-state index contributed by atoms with van der Waals surface area (Å²) in [4.78, 5) is 23.0. The average molecular weight is 269 g/mol. The van der Waals surface area contributed by atoms with Gasteiger partial charge in [-0.25, -0.2) is 0 Å². The lowest BCUT2D eigenvalue weighted by Crippen LogP contribution is -2.38. The lowest BCUT2D eigenvalue weighted by molar-refractivity contribution is 0.893. The monoisotopic (exact) mass is 269 g/mol. The number of rotatable bonds is 5. The lowest BCUT2D eigenvalue weighted by Gasteiger charge is -2.17. The Morgan fingerprint density at radius 3 is 2.45 bits per heavy atom. The maximum absolute atomic E-state index is 11.6. The molecule has 0 atom stereocenters. The van der Waals surface area contributed by atoms with Gasteiger partial charge in [-0.15, -0.1) is 0 Å². The van der Waals surface area contributed by atoms with Crippen LogP contribution in [0, 0.1) is 11.3 Å². The Balaban J connectivity index is 2.16. The Hall–Kier alpha value is -2.61. The minimum atomic E-state index is -0.511. The van der Waals surface area contributed by atoms with Gasteiger partial charge >= 0.3 is 0 Å². The van der Waals surface area contributed by atoms with Crippen molar-refractivity contribution in [3.63, 3.8) is 0 Å². The summed E-state index contributed by atoms with van der Waals surface area (Å²) in [6.07, 6.45) is 0. The second-order valence-corrected chi connectivity index (χ2v) is 4.83. The van der Waals surface area contributed by atoms with Gasteiger partial charge in [0.2, 0.25) is 0 Å². The summed E-state index contributed by atoms with van der Waals surface area (Å²) in [7, 11) is 0. The summed E-state index contributed by atoms with van der Waals surface area (Å²) in [5, 5.41) is 14.9. The van der Waals surface area contributed by atoms with E-state index in [0.717, 1.165) is 5.56 Å². The van der Waals surface area contributed by atoms with Gasteiger partial charge in [-0.3, -0.25) is 9.59 Å². The van der Waals surface area contributed by atoms with Crippen LogP contribution in [0.2, 0.25) is 0 Å². The van der Waals surface area contributed by atoms with Crippen molar-refractivity contribution in [3.05, 3.63) is 55.8 Å². The van der Waals surface area contributed by atoms with Crippen LogP contribution in [0.3, 0.4) is 0 Å². The zero-order chi connectivity index (χ0) is 14.7. The average Bonchev–Trinajstić information content (AvgIpc) is 2.45. The van der Waals surface area contributed by atoms with Gasteiger partial charge in [0.15, 0.2) is 0 Å². The lowest BCUT2D eigenvalue weighted by atomic mass is 10.1. The molecule has 0 fully saturated rings. The van der Waals surface area contributed by atoms with E-state index in [1.807, 2.05) is 26.0 Å². The maximum Gasteiger partial charge on any atom is 0.253 e. The van der Waals surface area contributed by atoms with E-state index in [9.17, 15) is 9.59 Å². The number of nitrogens with zero attached hydrogens (tertiary/aromatic N) is 1. The van der Waals surface area contributed by atoms with E-state index in [0.29, 0.717) is 23.5 Å². The second-order valence-electron chi connectivity index (χ2n) is 4.83. The number of nitrogens with one attached hydrogen (secondary N) is 2. The molecule has 2 aromatic rings. The SMILES string of the molecule is CC(C)Nc1c(NCc2ccccc2C#N)c(=O)c1=O. The van der Waals surface area contributed by atoms with Crippen molar-refractivity contribution in [1.82, 2.24) is 0 Å². The summed E-state index contributed by atoms with van der Waals surface area (Å²) in [5.74, 6) is 0. The third-order valence-corrected chi connectivity index (χ3v) is 2.94. The van der Waals surface area contributed by atoms with E-state index in [-0.39, 0.29) is 6.04 Å². The van der Waals surface area contributed by atoms with Crippen molar-refractivity contribution in [2.75, 3.05) is 10.6 Å². The molecule has 0 aliphatic carbocycles. The highest BCUT2D eigenvalue weighted by Gasteiger charge is 2.21. The fraction of sp³-hybridized carbons (Fsp3) is 0.267. The summed E-state index contributed by atoms with van der Waals surface area (Å²) in [5.41, 5.74) is 0.976. The normalized spacial score (nSPS) is 10.5. The Morgan fingerprint density at radius 1 is 1.15 bits per heavy atom. The number of anilines is 2. The van der Waals surface area contributed by atoms with Crippen LogP contribution in [-0.2, 0) is 6.54 Å². The molecule has 0 bridgehead atoms. The van der Waals surface area contributed by atoms with Gasteiger partial charge in [0, 0.05) is 12.6 Å². The Kier molecular flexibility index (Phi) is 3.85. The van der Waals surface area contributed by atoms with Gasteiger partial charge in [-0.05, 0) is 25.5 Å². The molecule has 2 aromatic carbocycles. The van der Waals surface area contributed by atoms with Crippen LogP contribution in [-0.4, -0.2) is 6.04 Å². The molecule has 2 rings (SSSR count). The van der Waals surface area contributed by atoms with Gasteiger partial charge in [0.25, 0.3) is 10.9 Å². The molecular weight excluding hydrogens is 254 g/mol. The zero-order valence-electron chi connectivity index (χ0n) is 11.4. The number of nitriles is 1. The zero-order valence-corrected chi connectivity index (χ0v) is 11.4. The van der Waals surface area contributed by atoms with Crippen LogP contribution in [0.1, 0.15) is 25.0 Å². The van der Waals surface area contributed by atoms with Crippen LogP contribution in [0.25, 0.3) is 0 Å². The molecule has 0 saturated carbocycles. The maximum atomic E-state index is 11.6. The minimum Gasteiger partial charge on any atom is -0.378 e. The van der Waals surface area contributed by atoms with Crippen molar-refractivity contribution >= 4 is 11.4 Å². The third-order valence-electron chi connectivity index (χ3n) is 2.94. The predicted molar refractivity (Wildman–Crippen MR) is 78.6 cm³/mol. The minimum absolute atomic E-state index is 0.0743. The van der Waals surface area contributed by atoms with Crippen molar-refractivity contribution in [2.45, 2.75) is 26.4 Å². The molecule has 0 saturated heterocycles. The van der Waals surface area contributed by atoms with Crippen molar-refractivity contribution in [1.29, 1.82) is 5.26 Å². The largest absolute Gasteiger partial charge is 0.378 e. The van der Waals surface area contributed by atoms with Crippen LogP contribution in [0.15, 0.2) is 33.9 Å². The Bertz CT molecular complexity index is 734. The molecule has 0 heterocycles. The molecule has 102 valence electrons. The summed E-state index contributed by atoms with van der Waals surface area (Å²) < 4.78 is 0. The van der Waals surface area contributed by atoms with Crippen molar-refractivity contribution in [2.24, 2.45) is 0 Å². The first-order valence-electron chi connectivity index (χ1n) is 6.36. The summed E-state index contributed by atoms with van der Waals surface area (Å²) >= 11 is 0. The summed E-state index contributed by atoms with van der Waals surface area (Å²) in [6.45, 7) is 4.12. The standard InChI is InChI=1S/C15H15N3O2/c1-9(2)18-13-12(14(19)15(13)20)17-8-11-6-4-3-5-10(11)7-16/h3-6,9,17-18H,8H2,1-2H3. The highest BCUT2D eigenvalue weighted by atomic mass is 16.2. The predicted octanol–water partition coefficient (Wildman–Crippen LogP) is 1.59. The van der Waals surface area contributed by atoms with Crippen LogP contribution in [0.5, 0.6) is 0 Å². The first-order chi connectivity index (χ1) is 9.54. The van der Waals surface area contributed by atoms with Gasteiger partial charge in [0.1, 0.15) is 11.4 Å². The van der Waals surface area contributed by atoms with Crippen LogP contribution in [0.4, 0.5) is 11.4 Å². The molecule has 0 aliphatic heterocycles. The van der Waals surface area contributed by atoms with E-state index < -0.39 is 10.9 Å².